The van der Waals surface area contributed by atoms with Gasteiger partial charge in [0.15, 0.2) is 0 Å². The van der Waals surface area contributed by atoms with Crippen molar-refractivity contribution in [3.63, 3.8) is 0 Å². The molecule has 0 aromatic carbocycles. The van der Waals surface area contributed by atoms with Crippen LogP contribution in [0.5, 0.6) is 0 Å². The number of imide groups is 1. The molecule has 0 unspecified atom stereocenters. The first-order valence-electron chi connectivity index (χ1n) is 9.60. The van der Waals surface area contributed by atoms with Crippen LogP contribution in [0, 0.1) is 5.92 Å². The fraction of sp³-hybridized carbons (Fsp3) is 0.737. The normalized spacial score (nSPS) is 13.2. The number of ether oxygens (including phenoxy) is 1. The first kappa shape index (κ1) is 26.5. The van der Waals surface area contributed by atoms with Gasteiger partial charge in [0, 0.05) is 25.9 Å². The predicted octanol–water partition coefficient (Wildman–Crippen LogP) is 0.333. The van der Waals surface area contributed by atoms with E-state index < -0.39 is 41.5 Å². The summed E-state index contributed by atoms with van der Waals surface area (Å²) < 4.78 is 5.06. The van der Waals surface area contributed by atoms with Crippen LogP contribution in [-0.2, 0) is 23.9 Å². The van der Waals surface area contributed by atoms with Crippen molar-refractivity contribution in [2.45, 2.75) is 72.1 Å². The molecule has 0 spiro atoms. The third kappa shape index (κ3) is 10.6. The molecule has 0 radical (unpaired) electrons. The molecule has 0 aromatic heterocycles. The minimum absolute atomic E-state index is 0.150. The molecule has 0 saturated heterocycles. The monoisotopic (exact) mass is 414 g/mol. The maximum Gasteiger partial charge on any atom is 0.407 e. The second kappa shape index (κ2) is 12.2. The zero-order valence-electron chi connectivity index (χ0n) is 18.1. The Morgan fingerprint density at radius 2 is 1.59 bits per heavy atom. The lowest BCUT2D eigenvalue weighted by atomic mass is 10.0. The van der Waals surface area contributed by atoms with Gasteiger partial charge in [-0.25, -0.2) is 4.79 Å². The molecule has 0 rings (SSSR count). The molecule has 4 amide bonds. The zero-order chi connectivity index (χ0) is 22.8. The highest BCUT2D eigenvalue weighted by atomic mass is 16.6. The molecular weight excluding hydrogens is 380 g/mol. The molecule has 10 heteroatoms. The summed E-state index contributed by atoms with van der Waals surface area (Å²) in [6.45, 7) is 10.4. The average molecular weight is 415 g/mol. The summed E-state index contributed by atoms with van der Waals surface area (Å²) in [5, 5.41) is 5.05. The average Bonchev–Trinajstić information content (AvgIpc) is 2.58. The first-order chi connectivity index (χ1) is 13.3. The van der Waals surface area contributed by atoms with E-state index in [-0.39, 0.29) is 31.8 Å². The Hall–Kier alpha value is -2.49. The second-order valence-corrected chi connectivity index (χ2v) is 8.04. The summed E-state index contributed by atoms with van der Waals surface area (Å²) >= 11 is 0. The minimum atomic E-state index is -0.951. The minimum Gasteiger partial charge on any atom is -0.444 e. The van der Waals surface area contributed by atoms with E-state index in [1.54, 1.807) is 34.6 Å². The van der Waals surface area contributed by atoms with Gasteiger partial charge in [-0.3, -0.25) is 19.3 Å². The van der Waals surface area contributed by atoms with Crippen molar-refractivity contribution in [3.05, 3.63) is 0 Å². The quantitative estimate of drug-likeness (QED) is 0.345. The molecule has 0 heterocycles. The predicted molar refractivity (Wildman–Crippen MR) is 107 cm³/mol. The Labute approximate surface area is 171 Å². The Morgan fingerprint density at radius 1 is 1.03 bits per heavy atom. The fourth-order valence-corrected chi connectivity index (χ4v) is 2.28. The van der Waals surface area contributed by atoms with Crippen LogP contribution < -0.4 is 16.4 Å². The van der Waals surface area contributed by atoms with Crippen molar-refractivity contribution in [2.24, 2.45) is 11.7 Å². The lowest BCUT2D eigenvalue weighted by Gasteiger charge is -2.30. The van der Waals surface area contributed by atoms with Crippen LogP contribution >= 0.6 is 0 Å². The molecule has 29 heavy (non-hydrogen) atoms. The van der Waals surface area contributed by atoms with Crippen LogP contribution in [0.1, 0.15) is 54.4 Å². The van der Waals surface area contributed by atoms with Gasteiger partial charge in [0.2, 0.25) is 17.7 Å². The van der Waals surface area contributed by atoms with E-state index in [0.29, 0.717) is 6.29 Å². The summed E-state index contributed by atoms with van der Waals surface area (Å²) in [4.78, 5) is 60.4. The Balaban J connectivity index is 4.56. The van der Waals surface area contributed by atoms with E-state index in [1.165, 1.54) is 6.92 Å². The van der Waals surface area contributed by atoms with Gasteiger partial charge >= 0.3 is 6.09 Å². The van der Waals surface area contributed by atoms with Gasteiger partial charge < -0.3 is 25.9 Å². The van der Waals surface area contributed by atoms with Gasteiger partial charge in [-0.1, -0.05) is 13.8 Å². The number of carbonyl (C=O) groups is 5. The highest BCUT2D eigenvalue weighted by Gasteiger charge is 2.33. The lowest BCUT2D eigenvalue weighted by Crippen LogP contribution is -2.53. The number of rotatable bonds is 10. The number of nitrogens with two attached hydrogens (primary N) is 1. The van der Waals surface area contributed by atoms with Crippen molar-refractivity contribution >= 4 is 30.1 Å². The van der Waals surface area contributed by atoms with E-state index in [9.17, 15) is 24.0 Å². The van der Waals surface area contributed by atoms with Crippen LogP contribution in [0.25, 0.3) is 0 Å². The third-order valence-electron chi connectivity index (χ3n) is 3.70. The second-order valence-electron chi connectivity index (χ2n) is 8.04. The van der Waals surface area contributed by atoms with E-state index in [0.717, 1.165) is 4.90 Å². The van der Waals surface area contributed by atoms with Crippen LogP contribution in [-0.4, -0.2) is 65.8 Å². The van der Waals surface area contributed by atoms with Gasteiger partial charge in [-0.15, -0.1) is 0 Å². The number of hydrogen-bond donors (Lipinski definition) is 3. The van der Waals surface area contributed by atoms with Gasteiger partial charge in [-0.05, 0) is 33.6 Å². The maximum atomic E-state index is 12.5. The standard InChI is InChI=1S/C19H34N4O6/c1-12(2)14(11-24)23(17(27)13(3)20)16(26)8-7-15(25)21-9-10-22-18(28)29-19(4,5)6/h11-14H,7-10,20H2,1-6H3,(H,21,25)(H,22,28)/t13-,14+/m0/s1. The Kier molecular flexibility index (Phi) is 11.1. The molecule has 0 aliphatic heterocycles. The van der Waals surface area contributed by atoms with E-state index in [2.05, 4.69) is 10.6 Å². The first-order valence-corrected chi connectivity index (χ1v) is 9.60. The third-order valence-corrected chi connectivity index (χ3v) is 3.70. The van der Waals surface area contributed by atoms with Gasteiger partial charge in [0.25, 0.3) is 0 Å². The van der Waals surface area contributed by atoms with Gasteiger partial charge in [-0.2, -0.15) is 0 Å². The molecule has 0 aromatic rings. The molecule has 0 aliphatic carbocycles. The van der Waals surface area contributed by atoms with Crippen LogP contribution in [0.4, 0.5) is 4.79 Å². The molecule has 166 valence electrons. The molecule has 0 bridgehead atoms. The van der Waals surface area contributed by atoms with Gasteiger partial charge in [0.05, 0.1) is 12.1 Å². The van der Waals surface area contributed by atoms with Crippen LogP contribution in [0.3, 0.4) is 0 Å². The summed E-state index contributed by atoms with van der Waals surface area (Å²) in [6, 6.07) is -1.89. The SMILES string of the molecule is CC(C)[C@@H](C=O)N(C(=O)CCC(=O)NCCNC(=O)OC(C)(C)C)C(=O)[C@H](C)N. The van der Waals surface area contributed by atoms with E-state index in [4.69, 9.17) is 10.5 Å². The fourth-order valence-electron chi connectivity index (χ4n) is 2.28. The Bertz CT molecular complexity index is 598. The summed E-state index contributed by atoms with van der Waals surface area (Å²) in [5.41, 5.74) is 4.97. The maximum absolute atomic E-state index is 12.5. The van der Waals surface area contributed by atoms with Crippen molar-refractivity contribution < 1.29 is 28.7 Å². The topological polar surface area (TPSA) is 148 Å². The molecular formula is C19H34N4O6. The van der Waals surface area contributed by atoms with E-state index in [1.807, 2.05) is 0 Å². The highest BCUT2D eigenvalue weighted by molar-refractivity contribution is 6.00. The number of aldehydes is 1. The largest absolute Gasteiger partial charge is 0.444 e. The Morgan fingerprint density at radius 3 is 2.03 bits per heavy atom. The smallest absolute Gasteiger partial charge is 0.407 e. The van der Waals surface area contributed by atoms with Gasteiger partial charge in [0.1, 0.15) is 11.9 Å². The lowest BCUT2D eigenvalue weighted by molar-refractivity contribution is -0.152. The van der Waals surface area contributed by atoms with Crippen molar-refractivity contribution in [1.29, 1.82) is 0 Å². The summed E-state index contributed by atoms with van der Waals surface area (Å²) in [7, 11) is 0. The molecule has 0 fully saturated rings. The molecule has 4 N–H and O–H groups in total. The number of hydrogen-bond acceptors (Lipinski definition) is 7. The number of nitrogens with zero attached hydrogens (tertiary/aromatic N) is 1. The number of nitrogens with one attached hydrogen (secondary N) is 2. The summed E-state index contributed by atoms with van der Waals surface area (Å²) in [5.74, 6) is -2.01. The van der Waals surface area contributed by atoms with Crippen molar-refractivity contribution in [1.82, 2.24) is 15.5 Å². The summed E-state index contributed by atoms with van der Waals surface area (Å²) in [6.07, 6.45) is -0.482. The van der Waals surface area contributed by atoms with Crippen molar-refractivity contribution in [2.75, 3.05) is 13.1 Å². The van der Waals surface area contributed by atoms with Crippen LogP contribution in [0.15, 0.2) is 0 Å². The highest BCUT2D eigenvalue weighted by Crippen LogP contribution is 2.13. The zero-order valence-corrected chi connectivity index (χ0v) is 18.1. The van der Waals surface area contributed by atoms with Crippen LogP contribution in [0.2, 0.25) is 0 Å². The van der Waals surface area contributed by atoms with E-state index >= 15 is 0 Å². The molecule has 0 aliphatic rings. The molecule has 2 atom stereocenters. The number of alkyl carbamates (subject to hydrolysis) is 1. The molecule has 10 nitrogen and oxygen atoms in total. The number of carbonyl (C=O) groups excluding carboxylic acids is 5. The van der Waals surface area contributed by atoms with Crippen molar-refractivity contribution in [3.8, 4) is 0 Å². The molecule has 0 saturated carbocycles. The number of amides is 4.